The van der Waals surface area contributed by atoms with Gasteiger partial charge in [-0.3, -0.25) is 0 Å². The first-order chi connectivity index (χ1) is 5.29. The Bertz CT molecular complexity index is 392. The fourth-order valence-electron chi connectivity index (χ4n) is 1.09. The van der Waals surface area contributed by atoms with Gasteiger partial charge in [0.1, 0.15) is 0 Å². The minimum atomic E-state index is -0.0869. The average molecular weight is 149 g/mol. The van der Waals surface area contributed by atoms with Gasteiger partial charge in [-0.15, -0.1) is 0 Å². The van der Waals surface area contributed by atoms with E-state index in [9.17, 15) is 5.11 Å². The molecule has 0 aliphatic heterocycles. The highest BCUT2D eigenvalue weighted by molar-refractivity contribution is 5.66. The molecule has 56 valence electrons. The Labute approximate surface area is 63.1 Å². The lowest BCUT2D eigenvalue weighted by molar-refractivity contribution is 0.411. The SMILES string of the molecule is Oc1cn2ccccc2c1O. The van der Waals surface area contributed by atoms with E-state index in [1.807, 2.05) is 6.07 Å². The highest BCUT2D eigenvalue weighted by Gasteiger charge is 2.05. The van der Waals surface area contributed by atoms with Crippen LogP contribution in [-0.2, 0) is 0 Å². The van der Waals surface area contributed by atoms with Crippen molar-refractivity contribution in [2.24, 2.45) is 0 Å². The van der Waals surface area contributed by atoms with Crippen LogP contribution in [0.2, 0.25) is 0 Å². The van der Waals surface area contributed by atoms with Crippen molar-refractivity contribution in [2.75, 3.05) is 0 Å². The van der Waals surface area contributed by atoms with Crippen LogP contribution in [0.4, 0.5) is 0 Å². The lowest BCUT2D eigenvalue weighted by Crippen LogP contribution is -1.76. The molecule has 0 atom stereocenters. The van der Waals surface area contributed by atoms with Crippen LogP contribution in [0.25, 0.3) is 5.52 Å². The van der Waals surface area contributed by atoms with Crippen molar-refractivity contribution in [3.63, 3.8) is 0 Å². The van der Waals surface area contributed by atoms with E-state index < -0.39 is 0 Å². The third-order valence-corrected chi connectivity index (χ3v) is 1.64. The minimum Gasteiger partial charge on any atom is -0.503 e. The Hall–Kier alpha value is -1.64. The van der Waals surface area contributed by atoms with Crippen LogP contribution in [0.15, 0.2) is 30.6 Å². The van der Waals surface area contributed by atoms with E-state index in [0.717, 1.165) is 0 Å². The van der Waals surface area contributed by atoms with Gasteiger partial charge in [-0.25, -0.2) is 0 Å². The molecule has 0 aliphatic carbocycles. The minimum absolute atomic E-state index is 0.0643. The van der Waals surface area contributed by atoms with Gasteiger partial charge in [0.25, 0.3) is 0 Å². The van der Waals surface area contributed by atoms with Crippen LogP contribution < -0.4 is 0 Å². The Morgan fingerprint density at radius 3 is 2.73 bits per heavy atom. The molecule has 0 unspecified atom stereocenters. The monoisotopic (exact) mass is 149 g/mol. The molecule has 0 amide bonds. The van der Waals surface area contributed by atoms with Gasteiger partial charge in [0.05, 0.1) is 11.7 Å². The lowest BCUT2D eigenvalue weighted by Gasteiger charge is -1.90. The molecule has 0 aliphatic rings. The zero-order valence-electron chi connectivity index (χ0n) is 5.73. The maximum Gasteiger partial charge on any atom is 0.183 e. The smallest absolute Gasteiger partial charge is 0.183 e. The second-order valence-corrected chi connectivity index (χ2v) is 2.36. The summed E-state index contributed by atoms with van der Waals surface area (Å²) in [5, 5.41) is 18.3. The van der Waals surface area contributed by atoms with Crippen LogP contribution >= 0.6 is 0 Å². The zero-order chi connectivity index (χ0) is 7.84. The average Bonchev–Trinajstić information content (AvgIpc) is 2.30. The van der Waals surface area contributed by atoms with Gasteiger partial charge in [0.2, 0.25) is 0 Å². The largest absolute Gasteiger partial charge is 0.503 e. The molecule has 0 radical (unpaired) electrons. The summed E-state index contributed by atoms with van der Waals surface area (Å²) in [6, 6.07) is 5.36. The molecule has 0 saturated heterocycles. The zero-order valence-corrected chi connectivity index (χ0v) is 5.73. The summed E-state index contributed by atoms with van der Waals surface area (Å²) in [5.41, 5.74) is 0.616. The molecule has 0 saturated carbocycles. The number of hydrogen-bond donors (Lipinski definition) is 2. The number of aromatic hydroxyl groups is 2. The molecule has 2 heterocycles. The van der Waals surface area contributed by atoms with E-state index >= 15 is 0 Å². The first kappa shape index (κ1) is 6.09. The molecular weight excluding hydrogens is 142 g/mol. The van der Waals surface area contributed by atoms with E-state index in [-0.39, 0.29) is 11.5 Å². The molecule has 2 aromatic rings. The highest BCUT2D eigenvalue weighted by Crippen LogP contribution is 2.30. The Morgan fingerprint density at radius 2 is 2.00 bits per heavy atom. The molecule has 3 nitrogen and oxygen atoms in total. The van der Waals surface area contributed by atoms with Gasteiger partial charge in [0, 0.05) is 6.20 Å². The molecular formula is C8H7NO2. The van der Waals surface area contributed by atoms with E-state index in [1.54, 1.807) is 22.7 Å². The summed E-state index contributed by atoms with van der Waals surface area (Å²) >= 11 is 0. The first-order valence-electron chi connectivity index (χ1n) is 3.26. The van der Waals surface area contributed by atoms with Crippen molar-refractivity contribution in [1.82, 2.24) is 4.40 Å². The molecule has 2 N–H and O–H groups in total. The van der Waals surface area contributed by atoms with Crippen molar-refractivity contribution in [3.05, 3.63) is 30.6 Å². The summed E-state index contributed by atoms with van der Waals surface area (Å²) < 4.78 is 1.66. The molecule has 3 heteroatoms. The van der Waals surface area contributed by atoms with Crippen LogP contribution in [0.3, 0.4) is 0 Å². The van der Waals surface area contributed by atoms with Gasteiger partial charge in [0.15, 0.2) is 11.5 Å². The third kappa shape index (κ3) is 0.741. The summed E-state index contributed by atoms with van der Waals surface area (Å²) in [5.74, 6) is -0.151. The van der Waals surface area contributed by atoms with Crippen LogP contribution in [-0.4, -0.2) is 14.6 Å². The molecule has 2 rings (SSSR count). The maximum absolute atomic E-state index is 9.23. The first-order valence-corrected chi connectivity index (χ1v) is 3.26. The van der Waals surface area contributed by atoms with Gasteiger partial charge < -0.3 is 14.6 Å². The van der Waals surface area contributed by atoms with Crippen LogP contribution in [0.1, 0.15) is 0 Å². The van der Waals surface area contributed by atoms with Crippen molar-refractivity contribution >= 4 is 5.52 Å². The number of pyridine rings is 1. The molecule has 0 fully saturated rings. The number of rotatable bonds is 0. The Balaban J connectivity index is 2.92. The number of nitrogens with zero attached hydrogens (tertiary/aromatic N) is 1. The maximum atomic E-state index is 9.23. The van der Waals surface area contributed by atoms with E-state index in [2.05, 4.69) is 0 Å². The van der Waals surface area contributed by atoms with Crippen molar-refractivity contribution in [1.29, 1.82) is 0 Å². The fraction of sp³-hybridized carbons (Fsp3) is 0. The fourth-order valence-corrected chi connectivity index (χ4v) is 1.09. The van der Waals surface area contributed by atoms with Gasteiger partial charge >= 0.3 is 0 Å². The molecule has 0 aromatic carbocycles. The van der Waals surface area contributed by atoms with Crippen LogP contribution in [0, 0.1) is 0 Å². The van der Waals surface area contributed by atoms with Crippen molar-refractivity contribution < 1.29 is 10.2 Å². The van der Waals surface area contributed by atoms with Crippen LogP contribution in [0.5, 0.6) is 11.5 Å². The molecule has 0 bridgehead atoms. The van der Waals surface area contributed by atoms with Gasteiger partial charge in [-0.1, -0.05) is 6.07 Å². The second-order valence-electron chi connectivity index (χ2n) is 2.36. The predicted octanol–water partition coefficient (Wildman–Crippen LogP) is 1.35. The predicted molar refractivity (Wildman–Crippen MR) is 40.7 cm³/mol. The number of hydrogen-bond acceptors (Lipinski definition) is 2. The molecule has 11 heavy (non-hydrogen) atoms. The molecule has 0 spiro atoms. The summed E-state index contributed by atoms with van der Waals surface area (Å²) in [6.07, 6.45) is 3.22. The normalized spacial score (nSPS) is 10.5. The van der Waals surface area contributed by atoms with E-state index in [0.29, 0.717) is 5.52 Å². The standard InChI is InChI=1S/C8H7NO2/c10-7-5-9-4-2-1-3-6(9)8(7)11/h1-5,10-11H. The summed E-state index contributed by atoms with van der Waals surface area (Å²) in [7, 11) is 0. The topological polar surface area (TPSA) is 44.9 Å². The van der Waals surface area contributed by atoms with E-state index in [1.165, 1.54) is 6.20 Å². The van der Waals surface area contributed by atoms with Crippen molar-refractivity contribution in [2.45, 2.75) is 0 Å². The van der Waals surface area contributed by atoms with Gasteiger partial charge in [-0.2, -0.15) is 0 Å². The lowest BCUT2D eigenvalue weighted by atomic mass is 10.4. The summed E-state index contributed by atoms with van der Waals surface area (Å²) in [4.78, 5) is 0. The van der Waals surface area contributed by atoms with Gasteiger partial charge in [-0.05, 0) is 12.1 Å². The van der Waals surface area contributed by atoms with E-state index in [4.69, 9.17) is 5.11 Å². The molecule has 2 aromatic heterocycles. The summed E-state index contributed by atoms with van der Waals surface area (Å²) in [6.45, 7) is 0. The third-order valence-electron chi connectivity index (χ3n) is 1.64. The number of fused-ring (bicyclic) bond motifs is 1. The second kappa shape index (κ2) is 1.92. The highest BCUT2D eigenvalue weighted by atomic mass is 16.3. The van der Waals surface area contributed by atoms with Crippen molar-refractivity contribution in [3.8, 4) is 11.5 Å². The number of aromatic nitrogens is 1. The Morgan fingerprint density at radius 1 is 1.18 bits per heavy atom. The Kier molecular flexibility index (Phi) is 1.06. The quantitative estimate of drug-likeness (QED) is 0.593.